The zero-order valence-electron chi connectivity index (χ0n) is 21.0. The summed E-state index contributed by atoms with van der Waals surface area (Å²) in [5.41, 5.74) is -2.39. The van der Waals surface area contributed by atoms with Crippen LogP contribution in [0.5, 0.6) is 0 Å². The van der Waals surface area contributed by atoms with E-state index in [4.69, 9.17) is 4.74 Å². The molecule has 10 nitrogen and oxygen atoms in total. The lowest BCUT2D eigenvalue weighted by Crippen LogP contribution is -2.46. The highest BCUT2D eigenvalue weighted by Gasteiger charge is 2.40. The lowest BCUT2D eigenvalue weighted by molar-refractivity contribution is -0.153. The first-order chi connectivity index (χ1) is 18.8. The van der Waals surface area contributed by atoms with Crippen LogP contribution < -0.4 is 21.0 Å². The van der Waals surface area contributed by atoms with Crippen molar-refractivity contribution in [1.82, 2.24) is 20.2 Å². The van der Waals surface area contributed by atoms with Crippen molar-refractivity contribution in [2.24, 2.45) is 0 Å². The zero-order chi connectivity index (χ0) is 29.4. The van der Waals surface area contributed by atoms with Crippen LogP contribution in [0.1, 0.15) is 30.1 Å². The van der Waals surface area contributed by atoms with Crippen LogP contribution in [0.4, 0.5) is 32.6 Å². The monoisotopic (exact) mass is 567 g/mol. The Bertz CT molecular complexity index is 1560. The Balaban J connectivity index is 1.85. The Morgan fingerprint density at radius 1 is 1.18 bits per heavy atom. The van der Waals surface area contributed by atoms with Crippen molar-refractivity contribution in [3.05, 3.63) is 63.9 Å². The molecule has 1 aliphatic heterocycles. The SMILES string of the molecule is CCC(NC(=O)c1cn(-c2ccc(F)cc2F)c2nc(N3CC(OC(=O)NC)CC3=O)ccc2c1=O)C(F)(F)F. The summed E-state index contributed by atoms with van der Waals surface area (Å²) >= 11 is 0. The van der Waals surface area contributed by atoms with Crippen molar-refractivity contribution in [3.63, 3.8) is 0 Å². The van der Waals surface area contributed by atoms with Gasteiger partial charge in [-0.15, -0.1) is 0 Å². The van der Waals surface area contributed by atoms with Crippen molar-refractivity contribution in [2.75, 3.05) is 18.5 Å². The number of nitrogens with one attached hydrogen (secondary N) is 2. The van der Waals surface area contributed by atoms with Gasteiger partial charge in [0.15, 0.2) is 5.65 Å². The van der Waals surface area contributed by atoms with Gasteiger partial charge in [0.25, 0.3) is 5.91 Å². The summed E-state index contributed by atoms with van der Waals surface area (Å²) in [6.45, 7) is 1.11. The lowest BCUT2D eigenvalue weighted by Gasteiger charge is -2.21. The molecule has 1 saturated heterocycles. The molecular weight excluding hydrogens is 545 g/mol. The largest absolute Gasteiger partial charge is 0.444 e. The van der Waals surface area contributed by atoms with E-state index in [0.717, 1.165) is 22.9 Å². The molecule has 0 bridgehead atoms. The van der Waals surface area contributed by atoms with Crippen LogP contribution in [0.2, 0.25) is 0 Å². The molecule has 3 heterocycles. The van der Waals surface area contributed by atoms with Crippen LogP contribution >= 0.6 is 0 Å². The van der Waals surface area contributed by atoms with E-state index in [1.165, 1.54) is 31.0 Å². The Morgan fingerprint density at radius 3 is 2.52 bits per heavy atom. The predicted octanol–water partition coefficient (Wildman–Crippen LogP) is 3.20. The highest BCUT2D eigenvalue weighted by Crippen LogP contribution is 2.27. The number of halogens is 5. The number of alkyl halides is 3. The number of fused-ring (bicyclic) bond motifs is 1. The fraction of sp³-hybridized carbons (Fsp3) is 0.320. The summed E-state index contributed by atoms with van der Waals surface area (Å²) in [6.07, 6.45) is -6.23. The Morgan fingerprint density at radius 2 is 1.90 bits per heavy atom. The number of ether oxygens (including phenoxy) is 1. The van der Waals surface area contributed by atoms with Crippen molar-refractivity contribution >= 4 is 34.8 Å². The van der Waals surface area contributed by atoms with Gasteiger partial charge in [-0.2, -0.15) is 13.2 Å². The highest BCUT2D eigenvalue weighted by molar-refractivity contribution is 5.99. The Labute approximate surface area is 222 Å². The van der Waals surface area contributed by atoms with Gasteiger partial charge in [-0.05, 0) is 30.7 Å². The van der Waals surface area contributed by atoms with E-state index in [2.05, 4.69) is 10.3 Å². The maximum atomic E-state index is 14.9. The molecule has 2 unspecified atom stereocenters. The molecule has 2 atom stereocenters. The second-order valence-corrected chi connectivity index (χ2v) is 8.84. The van der Waals surface area contributed by atoms with Gasteiger partial charge < -0.3 is 15.4 Å². The first-order valence-electron chi connectivity index (χ1n) is 11.9. The Kier molecular flexibility index (Phi) is 7.75. The number of hydrogen-bond acceptors (Lipinski definition) is 6. The maximum Gasteiger partial charge on any atom is 0.408 e. The molecule has 0 saturated carbocycles. The van der Waals surface area contributed by atoms with Crippen LogP contribution in [0.15, 0.2) is 41.3 Å². The fourth-order valence-corrected chi connectivity index (χ4v) is 4.20. The molecule has 2 N–H and O–H groups in total. The van der Waals surface area contributed by atoms with Gasteiger partial charge in [0.2, 0.25) is 11.3 Å². The van der Waals surface area contributed by atoms with Crippen molar-refractivity contribution in [3.8, 4) is 5.69 Å². The normalized spacial score (nSPS) is 16.2. The number of rotatable bonds is 6. The van der Waals surface area contributed by atoms with E-state index in [1.807, 2.05) is 0 Å². The molecule has 1 aromatic carbocycles. The first kappa shape index (κ1) is 28.4. The first-order valence-corrected chi connectivity index (χ1v) is 11.9. The lowest BCUT2D eigenvalue weighted by atomic mass is 10.1. The number of aromatic nitrogens is 2. The number of hydrogen-bond donors (Lipinski definition) is 2. The van der Waals surface area contributed by atoms with Gasteiger partial charge in [0, 0.05) is 19.3 Å². The smallest absolute Gasteiger partial charge is 0.408 e. The molecule has 4 rings (SSSR count). The van der Waals surface area contributed by atoms with E-state index in [-0.39, 0.29) is 35.5 Å². The molecule has 2 aromatic heterocycles. The van der Waals surface area contributed by atoms with E-state index in [1.54, 1.807) is 5.32 Å². The summed E-state index contributed by atoms with van der Waals surface area (Å²) in [6, 6.07) is 2.59. The number of benzene rings is 1. The summed E-state index contributed by atoms with van der Waals surface area (Å²) in [4.78, 5) is 55.7. The quantitative estimate of drug-likeness (QED) is 0.442. The maximum absolute atomic E-state index is 14.9. The average molecular weight is 567 g/mol. The van der Waals surface area contributed by atoms with Gasteiger partial charge in [-0.3, -0.25) is 23.9 Å². The second-order valence-electron chi connectivity index (χ2n) is 8.84. The molecule has 3 amide bonds. The van der Waals surface area contributed by atoms with Crippen molar-refractivity contribution in [2.45, 2.75) is 38.1 Å². The average Bonchev–Trinajstić information content (AvgIpc) is 3.26. The van der Waals surface area contributed by atoms with E-state index in [0.29, 0.717) is 6.07 Å². The van der Waals surface area contributed by atoms with Crippen LogP contribution in [0.25, 0.3) is 16.7 Å². The molecule has 0 aliphatic carbocycles. The molecule has 40 heavy (non-hydrogen) atoms. The number of amides is 3. The van der Waals surface area contributed by atoms with E-state index in [9.17, 15) is 41.1 Å². The third-order valence-corrected chi connectivity index (χ3v) is 6.20. The summed E-state index contributed by atoms with van der Waals surface area (Å²) < 4.78 is 74.3. The second kappa shape index (κ2) is 10.9. The number of carbonyl (C=O) groups excluding carboxylic acids is 3. The Hall–Kier alpha value is -4.56. The predicted molar refractivity (Wildman–Crippen MR) is 131 cm³/mol. The van der Waals surface area contributed by atoms with Gasteiger partial charge in [-0.25, -0.2) is 18.6 Å². The fourth-order valence-electron chi connectivity index (χ4n) is 4.20. The third kappa shape index (κ3) is 5.58. The number of carbonyl (C=O) groups is 3. The van der Waals surface area contributed by atoms with Crippen molar-refractivity contribution in [1.29, 1.82) is 0 Å². The molecule has 15 heteroatoms. The number of pyridine rings is 2. The minimum Gasteiger partial charge on any atom is -0.444 e. The number of nitrogens with zero attached hydrogens (tertiary/aromatic N) is 3. The van der Waals surface area contributed by atoms with Crippen molar-refractivity contribution < 1.29 is 41.1 Å². The van der Waals surface area contributed by atoms with Crippen LogP contribution in [0, 0.1) is 11.6 Å². The summed E-state index contributed by atoms with van der Waals surface area (Å²) in [5.74, 6) is -3.91. The summed E-state index contributed by atoms with van der Waals surface area (Å²) in [7, 11) is 1.34. The topological polar surface area (TPSA) is 123 Å². The molecule has 0 spiro atoms. The molecule has 1 aliphatic rings. The number of alkyl carbamates (subject to hydrolysis) is 1. The van der Waals surface area contributed by atoms with Crippen LogP contribution in [-0.2, 0) is 9.53 Å². The molecular formula is C25H22F5N5O5. The van der Waals surface area contributed by atoms with Gasteiger partial charge >= 0.3 is 12.3 Å². The van der Waals surface area contributed by atoms with E-state index < -0.39 is 65.3 Å². The molecule has 1 fully saturated rings. The molecule has 212 valence electrons. The van der Waals surface area contributed by atoms with Crippen LogP contribution in [-0.4, -0.2) is 59.4 Å². The zero-order valence-corrected chi connectivity index (χ0v) is 21.0. The molecule has 3 aromatic rings. The van der Waals surface area contributed by atoms with Crippen LogP contribution in [0.3, 0.4) is 0 Å². The summed E-state index contributed by atoms with van der Waals surface area (Å²) in [5, 5.41) is 3.74. The van der Waals surface area contributed by atoms with Gasteiger partial charge in [0.05, 0.1) is 24.0 Å². The van der Waals surface area contributed by atoms with E-state index >= 15 is 0 Å². The third-order valence-electron chi connectivity index (χ3n) is 6.20. The molecule has 0 radical (unpaired) electrons. The standard InChI is InChI=1S/C25H22F5N5O5/c1-3-18(25(28,29)30)32-23(38)15-11-34(17-6-4-12(26)8-16(17)27)22-14(21(15)37)5-7-19(33-22)35-10-13(9-20(35)36)40-24(39)31-2/h4-8,11,13,18H,3,9-10H2,1-2H3,(H,31,39)(H,32,38). The minimum absolute atomic E-state index is 0.0171. The highest BCUT2D eigenvalue weighted by atomic mass is 19.4. The van der Waals surface area contributed by atoms with Gasteiger partial charge in [0.1, 0.15) is 35.2 Å². The van der Waals surface area contributed by atoms with Gasteiger partial charge in [-0.1, -0.05) is 6.92 Å². The number of anilines is 1. The minimum atomic E-state index is -4.79.